The number of halogens is 4. The third kappa shape index (κ3) is 5.82. The number of methoxy groups -OCH3 is 3. The Labute approximate surface area is 199 Å². The highest BCUT2D eigenvalue weighted by Crippen LogP contribution is 2.37. The number of hydrogen-bond donors (Lipinski definition) is 0. The molecule has 1 aliphatic rings. The third-order valence-corrected chi connectivity index (χ3v) is 6.43. The average molecular weight is 528 g/mol. The van der Waals surface area contributed by atoms with Crippen molar-refractivity contribution in [1.29, 1.82) is 0 Å². The topological polar surface area (TPSA) is 48.0 Å². The van der Waals surface area contributed by atoms with Gasteiger partial charge >= 0.3 is 6.18 Å². The highest BCUT2D eigenvalue weighted by atomic mass is 79.9. The van der Waals surface area contributed by atoms with Crippen LogP contribution in [-0.4, -0.2) is 51.4 Å². The van der Waals surface area contributed by atoms with E-state index in [0.717, 1.165) is 11.1 Å². The lowest BCUT2D eigenvalue weighted by molar-refractivity contribution is -0.183. The van der Waals surface area contributed by atoms with Gasteiger partial charge in [-0.25, -0.2) is 0 Å². The number of likely N-dealkylation sites (tertiary alicyclic amines) is 1. The molecule has 0 radical (unpaired) electrons. The summed E-state index contributed by atoms with van der Waals surface area (Å²) in [5, 5.41) is 0. The van der Waals surface area contributed by atoms with Crippen molar-refractivity contribution in [3.63, 3.8) is 0 Å². The van der Waals surface area contributed by atoms with Crippen molar-refractivity contribution >= 4 is 34.0 Å². The standard InChI is InChI=1S/C24H25BrF3NO4/c1-31-19-14-17(23(30)29-10-8-18(9-11-29)24(26,27)28)7-6-16(19)5-4-15-12-20(32-2)22(25)21(13-15)33-3/h4-7,12-14,18H,8-11H2,1-3H3/b5-4+. The summed E-state index contributed by atoms with van der Waals surface area (Å²) in [6.07, 6.45) is -0.668. The maximum atomic E-state index is 12.9. The summed E-state index contributed by atoms with van der Waals surface area (Å²) in [6.45, 7) is 0.167. The summed E-state index contributed by atoms with van der Waals surface area (Å²) < 4.78 is 55.6. The number of piperidine rings is 1. The number of rotatable bonds is 6. The maximum Gasteiger partial charge on any atom is 0.391 e. The van der Waals surface area contributed by atoms with Gasteiger partial charge in [-0.05, 0) is 58.6 Å². The van der Waals surface area contributed by atoms with Crippen LogP contribution in [-0.2, 0) is 0 Å². The molecule has 178 valence electrons. The smallest absolute Gasteiger partial charge is 0.391 e. The number of carbonyl (C=O) groups is 1. The van der Waals surface area contributed by atoms with Crippen LogP contribution in [0.3, 0.4) is 0 Å². The van der Waals surface area contributed by atoms with Crippen molar-refractivity contribution < 1.29 is 32.2 Å². The van der Waals surface area contributed by atoms with E-state index in [0.29, 0.717) is 27.3 Å². The van der Waals surface area contributed by atoms with Gasteiger partial charge in [0.1, 0.15) is 21.7 Å². The fourth-order valence-corrected chi connectivity index (χ4v) is 4.30. The van der Waals surface area contributed by atoms with Gasteiger partial charge in [-0.15, -0.1) is 0 Å². The first-order valence-electron chi connectivity index (χ1n) is 10.3. The molecule has 0 spiro atoms. The van der Waals surface area contributed by atoms with Crippen molar-refractivity contribution in [2.45, 2.75) is 19.0 Å². The molecule has 0 unspecified atom stereocenters. The van der Waals surface area contributed by atoms with Crippen molar-refractivity contribution in [2.75, 3.05) is 34.4 Å². The fraction of sp³-hybridized carbons (Fsp3) is 0.375. The van der Waals surface area contributed by atoms with Crippen LogP contribution in [0, 0.1) is 5.92 Å². The fourth-order valence-electron chi connectivity index (χ4n) is 3.75. The molecule has 9 heteroatoms. The second-order valence-corrected chi connectivity index (χ2v) is 8.43. The van der Waals surface area contributed by atoms with Crippen LogP contribution >= 0.6 is 15.9 Å². The molecule has 1 amide bonds. The number of alkyl halides is 3. The Balaban J connectivity index is 1.77. The molecule has 2 aromatic rings. The number of carbonyl (C=O) groups excluding carboxylic acids is 1. The molecule has 1 heterocycles. The van der Waals surface area contributed by atoms with Gasteiger partial charge in [-0.1, -0.05) is 18.2 Å². The summed E-state index contributed by atoms with van der Waals surface area (Å²) in [7, 11) is 4.64. The molecule has 1 aliphatic heterocycles. The van der Waals surface area contributed by atoms with E-state index in [1.54, 1.807) is 32.4 Å². The van der Waals surface area contributed by atoms with E-state index in [9.17, 15) is 18.0 Å². The van der Waals surface area contributed by atoms with Crippen LogP contribution in [0.25, 0.3) is 12.2 Å². The first-order valence-corrected chi connectivity index (χ1v) is 11.1. The lowest BCUT2D eigenvalue weighted by Gasteiger charge is -2.33. The zero-order valence-electron chi connectivity index (χ0n) is 18.5. The molecular formula is C24H25BrF3NO4. The molecular weight excluding hydrogens is 503 g/mol. The number of nitrogens with zero attached hydrogens (tertiary/aromatic N) is 1. The van der Waals surface area contributed by atoms with E-state index in [4.69, 9.17) is 14.2 Å². The van der Waals surface area contributed by atoms with E-state index in [-0.39, 0.29) is 31.8 Å². The number of amides is 1. The van der Waals surface area contributed by atoms with Crippen LogP contribution in [0.4, 0.5) is 13.2 Å². The van der Waals surface area contributed by atoms with Gasteiger partial charge in [-0.2, -0.15) is 13.2 Å². The molecule has 33 heavy (non-hydrogen) atoms. The predicted octanol–water partition coefficient (Wildman–Crippen LogP) is 6.06. The van der Waals surface area contributed by atoms with Crippen molar-refractivity contribution in [3.05, 3.63) is 51.5 Å². The van der Waals surface area contributed by atoms with Gasteiger partial charge in [0.05, 0.1) is 27.2 Å². The Morgan fingerprint density at radius 1 is 0.970 bits per heavy atom. The molecule has 2 aromatic carbocycles. The SMILES string of the molecule is COc1cc(C(=O)N2CCC(C(F)(F)F)CC2)ccc1/C=C/c1cc(OC)c(Br)c(OC)c1. The molecule has 1 fully saturated rings. The summed E-state index contributed by atoms with van der Waals surface area (Å²) in [5.41, 5.74) is 1.95. The van der Waals surface area contributed by atoms with Crippen LogP contribution in [0.5, 0.6) is 17.2 Å². The van der Waals surface area contributed by atoms with Crippen molar-refractivity contribution in [2.24, 2.45) is 5.92 Å². The second kappa shape index (κ2) is 10.5. The minimum atomic E-state index is -4.21. The highest BCUT2D eigenvalue weighted by Gasteiger charge is 2.41. The first-order chi connectivity index (χ1) is 15.7. The Morgan fingerprint density at radius 3 is 2.06 bits per heavy atom. The van der Waals surface area contributed by atoms with Crippen LogP contribution in [0.2, 0.25) is 0 Å². The van der Waals surface area contributed by atoms with Crippen LogP contribution in [0.1, 0.15) is 34.3 Å². The largest absolute Gasteiger partial charge is 0.496 e. The van der Waals surface area contributed by atoms with Gasteiger partial charge in [0.25, 0.3) is 5.91 Å². The van der Waals surface area contributed by atoms with Gasteiger partial charge in [0.15, 0.2) is 0 Å². The molecule has 1 saturated heterocycles. The lowest BCUT2D eigenvalue weighted by atomic mass is 9.95. The zero-order valence-corrected chi connectivity index (χ0v) is 20.1. The Bertz CT molecular complexity index is 1010. The Morgan fingerprint density at radius 2 is 1.55 bits per heavy atom. The summed E-state index contributed by atoms with van der Waals surface area (Å²) in [5.74, 6) is 0.0806. The lowest BCUT2D eigenvalue weighted by Crippen LogP contribution is -2.42. The van der Waals surface area contributed by atoms with Gasteiger partial charge in [-0.3, -0.25) is 4.79 Å². The molecule has 0 aliphatic carbocycles. The van der Waals surface area contributed by atoms with E-state index in [1.807, 2.05) is 24.3 Å². The average Bonchev–Trinajstić information content (AvgIpc) is 2.82. The van der Waals surface area contributed by atoms with Crippen LogP contribution < -0.4 is 14.2 Å². The first kappa shape index (κ1) is 25.0. The summed E-state index contributed by atoms with van der Waals surface area (Å²) in [6, 6.07) is 8.71. The maximum absolute atomic E-state index is 12.9. The molecule has 0 atom stereocenters. The summed E-state index contributed by atoms with van der Waals surface area (Å²) >= 11 is 3.44. The predicted molar refractivity (Wildman–Crippen MR) is 124 cm³/mol. The molecule has 5 nitrogen and oxygen atoms in total. The van der Waals surface area contributed by atoms with E-state index < -0.39 is 12.1 Å². The van der Waals surface area contributed by atoms with Crippen molar-refractivity contribution in [1.82, 2.24) is 4.90 Å². The molecule has 0 bridgehead atoms. The summed E-state index contributed by atoms with van der Waals surface area (Å²) in [4.78, 5) is 14.3. The molecule has 0 N–H and O–H groups in total. The minimum Gasteiger partial charge on any atom is -0.496 e. The van der Waals surface area contributed by atoms with E-state index in [1.165, 1.54) is 12.0 Å². The monoisotopic (exact) mass is 527 g/mol. The van der Waals surface area contributed by atoms with E-state index in [2.05, 4.69) is 15.9 Å². The van der Waals surface area contributed by atoms with Gasteiger partial charge < -0.3 is 19.1 Å². The zero-order chi connectivity index (χ0) is 24.2. The Hall–Kier alpha value is -2.68. The van der Waals surface area contributed by atoms with Gasteiger partial charge in [0, 0.05) is 24.2 Å². The molecule has 0 saturated carbocycles. The van der Waals surface area contributed by atoms with Crippen LogP contribution in [0.15, 0.2) is 34.8 Å². The van der Waals surface area contributed by atoms with Crippen molar-refractivity contribution in [3.8, 4) is 17.2 Å². The normalized spacial score (nSPS) is 15.1. The second-order valence-electron chi connectivity index (χ2n) is 7.64. The third-order valence-electron chi connectivity index (χ3n) is 5.65. The Kier molecular flexibility index (Phi) is 7.94. The quantitative estimate of drug-likeness (QED) is 0.428. The number of ether oxygens (including phenoxy) is 3. The highest BCUT2D eigenvalue weighted by molar-refractivity contribution is 9.10. The van der Waals surface area contributed by atoms with Gasteiger partial charge in [0.2, 0.25) is 0 Å². The molecule has 0 aromatic heterocycles. The molecule has 3 rings (SSSR count). The number of benzene rings is 2. The minimum absolute atomic E-state index is 0.0761. The van der Waals surface area contributed by atoms with E-state index >= 15 is 0 Å². The number of hydrogen-bond acceptors (Lipinski definition) is 4.